The van der Waals surface area contributed by atoms with E-state index in [1.807, 2.05) is 0 Å². The number of nitrogens with one attached hydrogen (secondary N) is 1. The van der Waals surface area contributed by atoms with Crippen molar-refractivity contribution in [3.63, 3.8) is 0 Å². The Balaban J connectivity index is 0. The quantitative estimate of drug-likeness (QED) is 0.530. The van der Waals surface area contributed by atoms with Crippen molar-refractivity contribution in [1.82, 2.24) is 5.32 Å². The fraction of sp³-hybridized carbons (Fsp3) is 1.00. The first-order chi connectivity index (χ1) is 8.96. The smallest absolute Gasteiger partial charge is 0.312 e. The highest BCUT2D eigenvalue weighted by molar-refractivity contribution is 7.47. The van der Waals surface area contributed by atoms with E-state index in [4.69, 9.17) is 4.89 Å². The molecule has 0 aromatic rings. The van der Waals surface area contributed by atoms with E-state index in [-0.39, 0.29) is 0 Å². The second-order valence-electron chi connectivity index (χ2n) is 4.32. The first-order valence-corrected chi connectivity index (χ1v) is 7.40. The number of hydrogen-bond donors (Lipinski definition) is 2. The number of phosphoric ester groups is 1. The van der Waals surface area contributed by atoms with Gasteiger partial charge in [-0.2, -0.15) is 0 Å². The summed E-state index contributed by atoms with van der Waals surface area (Å²) in [5, 5.41) is 3.31. The number of halogens is 4. The van der Waals surface area contributed by atoms with Gasteiger partial charge in [-0.1, -0.05) is 27.7 Å². The zero-order chi connectivity index (χ0) is 16.3. The molecule has 0 rings (SSSR count). The third-order valence-corrected chi connectivity index (χ3v) is 2.34. The van der Waals surface area contributed by atoms with Crippen LogP contribution in [0.25, 0.3) is 0 Å². The second-order valence-corrected chi connectivity index (χ2v) is 5.77. The summed E-state index contributed by atoms with van der Waals surface area (Å²) < 4.78 is 63.4. The van der Waals surface area contributed by atoms with Crippen molar-refractivity contribution < 1.29 is 36.1 Å². The molecule has 20 heavy (non-hydrogen) atoms. The molecule has 0 radical (unpaired) electrons. The average molecular weight is 327 g/mol. The van der Waals surface area contributed by atoms with Crippen LogP contribution < -0.4 is 5.32 Å². The predicted molar refractivity (Wildman–Crippen MR) is 67.1 cm³/mol. The molecule has 0 aromatic carbocycles. The third-order valence-electron chi connectivity index (χ3n) is 1.39. The molecule has 0 atom stereocenters. The molecule has 0 saturated heterocycles. The van der Waals surface area contributed by atoms with Crippen LogP contribution in [0.2, 0.25) is 0 Å². The van der Waals surface area contributed by atoms with Gasteiger partial charge in [0.1, 0.15) is 13.2 Å². The molecule has 2 N–H and O–H groups in total. The maximum absolute atomic E-state index is 11.4. The summed E-state index contributed by atoms with van der Waals surface area (Å²) in [5.41, 5.74) is 0. The van der Waals surface area contributed by atoms with Crippen LogP contribution in [0.4, 0.5) is 17.6 Å². The first-order valence-electron chi connectivity index (χ1n) is 5.90. The van der Waals surface area contributed by atoms with Crippen LogP contribution in [0.3, 0.4) is 0 Å². The van der Waals surface area contributed by atoms with E-state index in [0.717, 1.165) is 0 Å². The van der Waals surface area contributed by atoms with E-state index in [0.29, 0.717) is 12.1 Å². The van der Waals surface area contributed by atoms with E-state index in [1.54, 1.807) is 0 Å². The third kappa shape index (κ3) is 20.1. The summed E-state index contributed by atoms with van der Waals surface area (Å²) in [7, 11) is -4.76. The topological polar surface area (TPSA) is 67.8 Å². The zero-order valence-corrected chi connectivity index (χ0v) is 12.7. The molecule has 0 saturated carbocycles. The van der Waals surface area contributed by atoms with E-state index >= 15 is 0 Å². The second kappa shape index (κ2) is 11.4. The van der Waals surface area contributed by atoms with E-state index in [2.05, 4.69) is 42.1 Å². The van der Waals surface area contributed by atoms with Gasteiger partial charge < -0.3 is 10.2 Å². The van der Waals surface area contributed by atoms with Crippen LogP contribution in [0.5, 0.6) is 0 Å². The molecule has 5 nitrogen and oxygen atoms in total. The van der Waals surface area contributed by atoms with Gasteiger partial charge in [0, 0.05) is 12.1 Å². The Morgan fingerprint density at radius 2 is 1.25 bits per heavy atom. The number of phosphoric acid groups is 1. The van der Waals surface area contributed by atoms with Gasteiger partial charge in [0.25, 0.3) is 12.9 Å². The van der Waals surface area contributed by atoms with E-state index in [9.17, 15) is 22.1 Å². The molecule has 0 aliphatic carbocycles. The highest BCUT2D eigenvalue weighted by Gasteiger charge is 2.24. The minimum atomic E-state index is -4.76. The summed E-state index contributed by atoms with van der Waals surface area (Å²) in [4.78, 5) is 8.46. The SMILES string of the molecule is CC(C)NC(C)C.O=P(O)(OCC(F)F)OCC(F)F. The van der Waals surface area contributed by atoms with Crippen LogP contribution in [0.1, 0.15) is 27.7 Å². The van der Waals surface area contributed by atoms with Crippen LogP contribution in [0.15, 0.2) is 0 Å². The molecule has 10 heteroatoms. The van der Waals surface area contributed by atoms with Crippen LogP contribution in [-0.4, -0.2) is 43.0 Å². The summed E-state index contributed by atoms with van der Waals surface area (Å²) in [6.45, 7) is 5.94. The summed E-state index contributed by atoms with van der Waals surface area (Å²) >= 11 is 0. The summed E-state index contributed by atoms with van der Waals surface area (Å²) in [5.74, 6) is 0. The highest BCUT2D eigenvalue weighted by atomic mass is 31.2. The predicted octanol–water partition coefficient (Wildman–Crippen LogP) is 3.04. The van der Waals surface area contributed by atoms with Crippen LogP contribution >= 0.6 is 7.82 Å². The highest BCUT2D eigenvalue weighted by Crippen LogP contribution is 2.43. The molecular weight excluding hydrogens is 305 g/mol. The lowest BCUT2D eigenvalue weighted by Gasteiger charge is -2.10. The lowest BCUT2D eigenvalue weighted by molar-refractivity contribution is 0.0292. The molecule has 124 valence electrons. The molecule has 0 amide bonds. The Labute approximate surface area is 116 Å². The minimum absolute atomic E-state index is 0.625. The van der Waals surface area contributed by atoms with Crippen molar-refractivity contribution in [3.8, 4) is 0 Å². The molecule has 0 unspecified atom stereocenters. The number of hydrogen-bond acceptors (Lipinski definition) is 4. The van der Waals surface area contributed by atoms with Crippen LogP contribution in [-0.2, 0) is 13.6 Å². The van der Waals surface area contributed by atoms with Crippen molar-refractivity contribution in [2.24, 2.45) is 0 Å². The van der Waals surface area contributed by atoms with E-state index in [1.165, 1.54) is 0 Å². The standard InChI is InChI=1S/C6H15N.C4H7F4O4P/c1-5(2)7-6(3)4;5-3(6)1-11-13(9,10)12-2-4(7)8/h5-7H,1-4H3;3-4H,1-2H2,(H,9,10). The van der Waals surface area contributed by atoms with Crippen molar-refractivity contribution in [2.45, 2.75) is 52.6 Å². The molecule has 0 aliphatic rings. The fourth-order valence-electron chi connectivity index (χ4n) is 1.01. The Hall–Kier alpha value is -0.210. The number of alkyl halides is 4. The normalized spacial score (nSPS) is 12.2. The fourth-order valence-corrected chi connectivity index (χ4v) is 1.68. The van der Waals surface area contributed by atoms with Gasteiger partial charge in [-0.3, -0.25) is 9.05 Å². The Morgan fingerprint density at radius 3 is 1.40 bits per heavy atom. The van der Waals surface area contributed by atoms with Gasteiger partial charge in [-0.25, -0.2) is 22.1 Å². The Bertz CT molecular complexity index is 258. The van der Waals surface area contributed by atoms with Gasteiger partial charge in [-0.15, -0.1) is 0 Å². The summed E-state index contributed by atoms with van der Waals surface area (Å²) in [6.07, 6.45) is -5.92. The van der Waals surface area contributed by atoms with Gasteiger partial charge >= 0.3 is 7.82 Å². The van der Waals surface area contributed by atoms with E-state index < -0.39 is 33.9 Å². The molecule has 0 heterocycles. The average Bonchev–Trinajstić information content (AvgIpc) is 2.23. The largest absolute Gasteiger partial charge is 0.472 e. The number of rotatable bonds is 8. The van der Waals surface area contributed by atoms with Crippen molar-refractivity contribution in [3.05, 3.63) is 0 Å². The summed E-state index contributed by atoms with van der Waals surface area (Å²) in [6, 6.07) is 1.25. The molecule has 0 aliphatic heterocycles. The Morgan fingerprint density at radius 1 is 0.950 bits per heavy atom. The lowest BCUT2D eigenvalue weighted by Crippen LogP contribution is -2.29. The molecule has 0 spiro atoms. The van der Waals surface area contributed by atoms with Gasteiger partial charge in [0.05, 0.1) is 0 Å². The molecular formula is C10H22F4NO4P. The van der Waals surface area contributed by atoms with Gasteiger partial charge in [-0.05, 0) is 0 Å². The molecule has 0 aromatic heterocycles. The van der Waals surface area contributed by atoms with Crippen molar-refractivity contribution in [2.75, 3.05) is 13.2 Å². The Kier molecular flexibility index (Phi) is 12.6. The molecule has 0 fully saturated rings. The zero-order valence-electron chi connectivity index (χ0n) is 11.9. The van der Waals surface area contributed by atoms with Gasteiger partial charge in [0.15, 0.2) is 0 Å². The first kappa shape index (κ1) is 22.1. The maximum atomic E-state index is 11.4. The monoisotopic (exact) mass is 327 g/mol. The molecule has 0 bridgehead atoms. The van der Waals surface area contributed by atoms with Crippen LogP contribution in [0, 0.1) is 0 Å². The van der Waals surface area contributed by atoms with Crippen molar-refractivity contribution in [1.29, 1.82) is 0 Å². The minimum Gasteiger partial charge on any atom is -0.312 e. The van der Waals surface area contributed by atoms with Crippen molar-refractivity contribution >= 4 is 7.82 Å². The van der Waals surface area contributed by atoms with Gasteiger partial charge in [0.2, 0.25) is 0 Å². The maximum Gasteiger partial charge on any atom is 0.472 e. The lowest BCUT2D eigenvalue weighted by atomic mass is 10.3.